The predicted molar refractivity (Wildman–Crippen MR) is 74.7 cm³/mol. The van der Waals surface area contributed by atoms with Crippen molar-refractivity contribution in [3.63, 3.8) is 0 Å². The summed E-state index contributed by atoms with van der Waals surface area (Å²) in [5, 5.41) is 0. The number of hydrogen-bond acceptors (Lipinski definition) is 3. The van der Waals surface area contributed by atoms with Gasteiger partial charge in [-0.3, -0.25) is 4.90 Å². The summed E-state index contributed by atoms with van der Waals surface area (Å²) in [7, 11) is 2.02. The minimum absolute atomic E-state index is 0.212. The number of nitrogens with zero attached hydrogens (tertiary/aromatic N) is 1. The maximum atomic E-state index is 13.7. The molecule has 1 aromatic carbocycles. The standard InChI is InChI=1S/C13H21FN2S/c1-4-10(9-17-3)16(2)8-11-12(14)6-5-7-13(11)15/h5-7,10H,4,8-9,15H2,1-3H3. The largest absolute Gasteiger partial charge is 0.398 e. The van der Waals surface area contributed by atoms with Crippen LogP contribution < -0.4 is 5.73 Å². The number of anilines is 1. The molecule has 1 aromatic rings. The van der Waals surface area contributed by atoms with Gasteiger partial charge in [0.05, 0.1) is 0 Å². The van der Waals surface area contributed by atoms with Gasteiger partial charge in [-0.1, -0.05) is 13.0 Å². The first kappa shape index (κ1) is 14.3. The van der Waals surface area contributed by atoms with Crippen LogP contribution in [0.3, 0.4) is 0 Å². The molecular weight excluding hydrogens is 235 g/mol. The molecule has 0 fully saturated rings. The van der Waals surface area contributed by atoms with Gasteiger partial charge in [0.25, 0.3) is 0 Å². The Hall–Kier alpha value is -0.740. The van der Waals surface area contributed by atoms with Crippen molar-refractivity contribution >= 4 is 17.4 Å². The summed E-state index contributed by atoms with van der Waals surface area (Å²) >= 11 is 1.81. The Bertz CT molecular complexity index is 337. The van der Waals surface area contributed by atoms with Crippen molar-refractivity contribution in [3.05, 3.63) is 29.6 Å². The lowest BCUT2D eigenvalue weighted by atomic mass is 10.1. The van der Waals surface area contributed by atoms with Gasteiger partial charge in [-0.15, -0.1) is 0 Å². The van der Waals surface area contributed by atoms with Crippen LogP contribution in [0.2, 0.25) is 0 Å². The van der Waals surface area contributed by atoms with Crippen LogP contribution >= 0.6 is 11.8 Å². The second kappa shape index (κ2) is 6.87. The van der Waals surface area contributed by atoms with Gasteiger partial charge in [0.1, 0.15) is 5.82 Å². The van der Waals surface area contributed by atoms with Crippen molar-refractivity contribution in [2.75, 3.05) is 24.8 Å². The Kier molecular flexibility index (Phi) is 5.78. The molecule has 0 spiro atoms. The zero-order valence-electron chi connectivity index (χ0n) is 10.7. The first-order valence-electron chi connectivity index (χ1n) is 5.82. The second-order valence-electron chi connectivity index (χ2n) is 4.24. The molecule has 17 heavy (non-hydrogen) atoms. The number of halogens is 1. The zero-order valence-corrected chi connectivity index (χ0v) is 11.6. The molecule has 0 aliphatic carbocycles. The van der Waals surface area contributed by atoms with Crippen molar-refractivity contribution in [1.82, 2.24) is 4.90 Å². The Morgan fingerprint density at radius 2 is 2.18 bits per heavy atom. The number of nitrogen functional groups attached to an aromatic ring is 1. The van der Waals surface area contributed by atoms with E-state index in [9.17, 15) is 4.39 Å². The van der Waals surface area contributed by atoms with Crippen LogP contribution in [0.25, 0.3) is 0 Å². The first-order valence-corrected chi connectivity index (χ1v) is 7.21. The van der Waals surface area contributed by atoms with Gasteiger partial charge in [0.15, 0.2) is 0 Å². The third-order valence-electron chi connectivity index (χ3n) is 3.02. The molecular formula is C13H21FN2S. The molecule has 0 aromatic heterocycles. The van der Waals surface area contributed by atoms with E-state index in [0.29, 0.717) is 23.8 Å². The quantitative estimate of drug-likeness (QED) is 0.793. The van der Waals surface area contributed by atoms with E-state index in [4.69, 9.17) is 5.73 Å². The average molecular weight is 256 g/mol. The van der Waals surface area contributed by atoms with E-state index in [2.05, 4.69) is 18.1 Å². The number of rotatable bonds is 6. The zero-order chi connectivity index (χ0) is 12.8. The normalized spacial score (nSPS) is 13.0. The number of benzene rings is 1. The van der Waals surface area contributed by atoms with E-state index >= 15 is 0 Å². The van der Waals surface area contributed by atoms with Gasteiger partial charge in [0, 0.05) is 29.6 Å². The molecule has 0 heterocycles. The molecule has 0 amide bonds. The lowest BCUT2D eigenvalue weighted by molar-refractivity contribution is 0.245. The Labute approximate surface area is 107 Å². The molecule has 1 atom stereocenters. The number of thioether (sulfide) groups is 1. The lowest BCUT2D eigenvalue weighted by Crippen LogP contribution is -2.33. The van der Waals surface area contributed by atoms with Crippen LogP contribution in [0.5, 0.6) is 0 Å². The van der Waals surface area contributed by atoms with Crippen LogP contribution in [0.1, 0.15) is 18.9 Å². The van der Waals surface area contributed by atoms with Crippen molar-refractivity contribution in [3.8, 4) is 0 Å². The fourth-order valence-electron chi connectivity index (χ4n) is 1.87. The van der Waals surface area contributed by atoms with Crippen LogP contribution in [0, 0.1) is 5.82 Å². The van der Waals surface area contributed by atoms with Crippen LogP contribution in [-0.2, 0) is 6.54 Å². The van der Waals surface area contributed by atoms with Crippen LogP contribution in [-0.4, -0.2) is 30.0 Å². The van der Waals surface area contributed by atoms with Crippen molar-refractivity contribution in [1.29, 1.82) is 0 Å². The van der Waals surface area contributed by atoms with Gasteiger partial charge in [-0.25, -0.2) is 4.39 Å². The fourth-order valence-corrected chi connectivity index (χ4v) is 2.74. The summed E-state index contributed by atoms with van der Waals surface area (Å²) in [6.45, 7) is 2.72. The van der Waals surface area contributed by atoms with E-state index in [0.717, 1.165) is 12.2 Å². The molecule has 0 bridgehead atoms. The lowest BCUT2D eigenvalue weighted by Gasteiger charge is -2.27. The summed E-state index contributed by atoms with van der Waals surface area (Å²) in [6.07, 6.45) is 3.15. The highest BCUT2D eigenvalue weighted by atomic mass is 32.2. The molecule has 2 N–H and O–H groups in total. The molecule has 0 radical (unpaired) electrons. The summed E-state index contributed by atoms with van der Waals surface area (Å²) in [5.74, 6) is 0.845. The minimum atomic E-state index is -0.212. The van der Waals surface area contributed by atoms with Crippen molar-refractivity contribution in [2.45, 2.75) is 25.9 Å². The highest BCUT2D eigenvalue weighted by molar-refractivity contribution is 7.98. The number of nitrogens with two attached hydrogens (primary N) is 1. The van der Waals surface area contributed by atoms with Gasteiger partial charge < -0.3 is 5.73 Å². The topological polar surface area (TPSA) is 29.3 Å². The predicted octanol–water partition coefficient (Wildman–Crippen LogP) is 2.98. The Balaban J connectivity index is 2.76. The molecule has 4 heteroatoms. The third kappa shape index (κ3) is 3.89. The van der Waals surface area contributed by atoms with E-state index in [1.54, 1.807) is 12.1 Å². The van der Waals surface area contributed by atoms with Crippen molar-refractivity contribution in [2.24, 2.45) is 0 Å². The second-order valence-corrected chi connectivity index (χ2v) is 5.15. The maximum absolute atomic E-state index is 13.7. The van der Waals surface area contributed by atoms with Gasteiger partial charge in [-0.05, 0) is 31.9 Å². The summed E-state index contributed by atoms with van der Waals surface area (Å²) in [6, 6.07) is 5.33. The monoisotopic (exact) mass is 256 g/mol. The fraction of sp³-hybridized carbons (Fsp3) is 0.538. The van der Waals surface area contributed by atoms with Gasteiger partial charge in [-0.2, -0.15) is 11.8 Å². The summed E-state index contributed by atoms with van der Waals surface area (Å²) in [4.78, 5) is 2.17. The molecule has 1 rings (SSSR count). The molecule has 0 aliphatic rings. The molecule has 1 unspecified atom stereocenters. The van der Waals surface area contributed by atoms with E-state index < -0.39 is 0 Å². The minimum Gasteiger partial charge on any atom is -0.398 e. The average Bonchev–Trinajstić information content (AvgIpc) is 2.30. The van der Waals surface area contributed by atoms with Gasteiger partial charge >= 0.3 is 0 Å². The third-order valence-corrected chi connectivity index (χ3v) is 3.73. The SMILES string of the molecule is CCC(CSC)N(C)Cc1c(N)cccc1F. The van der Waals surface area contributed by atoms with E-state index in [1.165, 1.54) is 6.07 Å². The highest BCUT2D eigenvalue weighted by Crippen LogP contribution is 2.19. The number of hydrogen-bond donors (Lipinski definition) is 1. The molecule has 0 saturated carbocycles. The van der Waals surface area contributed by atoms with Crippen LogP contribution in [0.4, 0.5) is 10.1 Å². The Morgan fingerprint density at radius 1 is 1.47 bits per heavy atom. The molecule has 96 valence electrons. The molecule has 2 nitrogen and oxygen atoms in total. The smallest absolute Gasteiger partial charge is 0.129 e. The van der Waals surface area contributed by atoms with E-state index in [1.807, 2.05) is 18.8 Å². The van der Waals surface area contributed by atoms with E-state index in [-0.39, 0.29) is 5.82 Å². The van der Waals surface area contributed by atoms with Gasteiger partial charge in [0.2, 0.25) is 0 Å². The maximum Gasteiger partial charge on any atom is 0.129 e. The molecule has 0 saturated heterocycles. The Morgan fingerprint density at radius 3 is 2.71 bits per heavy atom. The van der Waals surface area contributed by atoms with Crippen LogP contribution in [0.15, 0.2) is 18.2 Å². The van der Waals surface area contributed by atoms with Crippen molar-refractivity contribution < 1.29 is 4.39 Å². The summed E-state index contributed by atoms with van der Waals surface area (Å²) in [5.41, 5.74) is 6.96. The summed E-state index contributed by atoms with van der Waals surface area (Å²) < 4.78 is 13.7. The first-order chi connectivity index (χ1) is 8.10. The molecule has 0 aliphatic heterocycles. The highest BCUT2D eigenvalue weighted by Gasteiger charge is 2.15.